The van der Waals surface area contributed by atoms with Gasteiger partial charge in [0.05, 0.1) is 5.92 Å². The van der Waals surface area contributed by atoms with Gasteiger partial charge in [-0.2, -0.15) is 8.78 Å². The Bertz CT molecular complexity index is 799. The number of carbonyl (C=O) groups excluding carboxylic acids is 1. The number of fused-ring (bicyclic) bond motifs is 1. The normalized spacial score (nSPS) is 32.3. The Hall–Kier alpha value is -1.79. The van der Waals surface area contributed by atoms with Crippen LogP contribution in [0.15, 0.2) is 12.1 Å². The van der Waals surface area contributed by atoms with Crippen molar-refractivity contribution >= 4 is 5.97 Å². The maximum absolute atomic E-state index is 13.9. The Morgan fingerprint density at radius 3 is 2.03 bits per heavy atom. The molecule has 184 valence electrons. The lowest BCUT2D eigenvalue weighted by Gasteiger charge is -2.45. The van der Waals surface area contributed by atoms with Gasteiger partial charge >= 0.3 is 12.6 Å². The van der Waals surface area contributed by atoms with Crippen molar-refractivity contribution in [2.45, 2.75) is 84.2 Å². The number of benzene rings is 1. The van der Waals surface area contributed by atoms with Gasteiger partial charge in [-0.05, 0) is 87.4 Å². The molecule has 4 atom stereocenters. The number of esters is 1. The average Bonchev–Trinajstić information content (AvgIpc) is 2.80. The van der Waals surface area contributed by atoms with Crippen LogP contribution in [-0.2, 0) is 4.79 Å². The fourth-order valence-electron chi connectivity index (χ4n) is 6.64. The van der Waals surface area contributed by atoms with E-state index >= 15 is 0 Å². The molecule has 0 bridgehead atoms. The van der Waals surface area contributed by atoms with Crippen LogP contribution in [0.2, 0.25) is 0 Å². The number of carbonyl (C=O) groups is 1. The minimum Gasteiger partial charge on any atom is -0.429 e. The van der Waals surface area contributed by atoms with Crippen LogP contribution in [-0.4, -0.2) is 12.6 Å². The molecule has 1 aromatic rings. The molecule has 0 spiro atoms. The first-order valence-corrected chi connectivity index (χ1v) is 12.5. The highest BCUT2D eigenvalue weighted by atomic mass is 19.3. The van der Waals surface area contributed by atoms with Gasteiger partial charge in [-0.1, -0.05) is 19.8 Å². The Morgan fingerprint density at radius 2 is 1.42 bits per heavy atom. The van der Waals surface area contributed by atoms with Crippen molar-refractivity contribution < 1.29 is 31.8 Å². The predicted molar refractivity (Wildman–Crippen MR) is 116 cm³/mol. The zero-order chi connectivity index (χ0) is 23.5. The van der Waals surface area contributed by atoms with Gasteiger partial charge in [-0.25, -0.2) is 8.78 Å². The molecule has 4 unspecified atom stereocenters. The summed E-state index contributed by atoms with van der Waals surface area (Å²) in [5, 5.41) is 0. The van der Waals surface area contributed by atoms with Gasteiger partial charge in [0.25, 0.3) is 0 Å². The summed E-state index contributed by atoms with van der Waals surface area (Å²) < 4.78 is 61.4. The lowest BCUT2D eigenvalue weighted by atomic mass is 9.61. The molecule has 0 heterocycles. The number of alkyl halides is 2. The van der Waals surface area contributed by atoms with Gasteiger partial charge in [-0.15, -0.1) is 0 Å². The first-order valence-electron chi connectivity index (χ1n) is 12.5. The lowest BCUT2D eigenvalue weighted by molar-refractivity contribution is -0.140. The molecular weight excluding hydrogens is 436 g/mol. The Labute approximate surface area is 193 Å². The van der Waals surface area contributed by atoms with Crippen molar-refractivity contribution in [3.63, 3.8) is 0 Å². The summed E-state index contributed by atoms with van der Waals surface area (Å²) in [5.74, 6) is -0.915. The average molecular weight is 471 g/mol. The molecule has 0 aliphatic heterocycles. The molecule has 0 amide bonds. The summed E-state index contributed by atoms with van der Waals surface area (Å²) in [6.45, 7) is -1.04. The second-order valence-corrected chi connectivity index (χ2v) is 10.3. The standard InChI is InChI=1S/C26H34F4O3/c1-2-15-3-4-20-12-19(10-9-18(20)11-15)16-5-7-17(8-6-16)25(31)32-21-13-22(27)24(23(28)14-21)33-26(29)30/h13-20,26H,2-12H2,1H3. The fraction of sp³-hybridized carbons (Fsp3) is 0.731. The van der Waals surface area contributed by atoms with Crippen molar-refractivity contribution in [1.29, 1.82) is 0 Å². The van der Waals surface area contributed by atoms with Crippen LogP contribution in [0, 0.1) is 47.1 Å². The first kappa shape index (κ1) is 24.3. The highest BCUT2D eigenvalue weighted by molar-refractivity contribution is 5.75. The van der Waals surface area contributed by atoms with Crippen molar-refractivity contribution in [2.24, 2.45) is 35.5 Å². The van der Waals surface area contributed by atoms with E-state index in [2.05, 4.69) is 11.7 Å². The van der Waals surface area contributed by atoms with E-state index in [1.807, 2.05) is 0 Å². The maximum Gasteiger partial charge on any atom is 0.387 e. The van der Waals surface area contributed by atoms with Crippen molar-refractivity contribution in [2.75, 3.05) is 0 Å². The monoisotopic (exact) mass is 470 g/mol. The van der Waals surface area contributed by atoms with Crippen LogP contribution in [0.25, 0.3) is 0 Å². The zero-order valence-electron chi connectivity index (χ0n) is 19.2. The second-order valence-electron chi connectivity index (χ2n) is 10.3. The molecule has 0 N–H and O–H groups in total. The summed E-state index contributed by atoms with van der Waals surface area (Å²) >= 11 is 0. The fourth-order valence-corrected chi connectivity index (χ4v) is 6.64. The Morgan fingerprint density at radius 1 is 0.879 bits per heavy atom. The number of rotatable bonds is 6. The maximum atomic E-state index is 13.9. The van der Waals surface area contributed by atoms with E-state index in [0.29, 0.717) is 30.9 Å². The van der Waals surface area contributed by atoms with E-state index < -0.39 is 30.0 Å². The van der Waals surface area contributed by atoms with E-state index in [9.17, 15) is 22.4 Å². The van der Waals surface area contributed by atoms with E-state index in [1.165, 1.54) is 44.9 Å². The summed E-state index contributed by atoms with van der Waals surface area (Å²) in [7, 11) is 0. The van der Waals surface area contributed by atoms with Gasteiger partial charge < -0.3 is 9.47 Å². The molecular formula is C26H34F4O3. The summed E-state index contributed by atoms with van der Waals surface area (Å²) in [6.07, 6.45) is 12.8. The quantitative estimate of drug-likeness (QED) is 0.245. The predicted octanol–water partition coefficient (Wildman–Crippen LogP) is 7.52. The molecule has 3 aliphatic carbocycles. The van der Waals surface area contributed by atoms with Crippen LogP contribution >= 0.6 is 0 Å². The summed E-state index contributed by atoms with van der Waals surface area (Å²) in [6, 6.07) is 1.41. The third-order valence-corrected chi connectivity index (χ3v) is 8.51. The van der Waals surface area contributed by atoms with Gasteiger partial charge in [0.15, 0.2) is 17.4 Å². The molecule has 3 nitrogen and oxygen atoms in total. The van der Waals surface area contributed by atoms with Crippen molar-refractivity contribution in [3.05, 3.63) is 23.8 Å². The van der Waals surface area contributed by atoms with E-state index in [0.717, 1.165) is 36.5 Å². The molecule has 3 aliphatic rings. The van der Waals surface area contributed by atoms with Crippen LogP contribution in [0.4, 0.5) is 17.6 Å². The highest BCUT2D eigenvalue weighted by Gasteiger charge is 2.39. The van der Waals surface area contributed by atoms with Gasteiger partial charge in [0, 0.05) is 12.1 Å². The smallest absolute Gasteiger partial charge is 0.387 e. The highest BCUT2D eigenvalue weighted by Crippen LogP contribution is 2.49. The minimum absolute atomic E-state index is 0.305. The van der Waals surface area contributed by atoms with Gasteiger partial charge in [0.2, 0.25) is 0 Å². The van der Waals surface area contributed by atoms with E-state index in [-0.39, 0.29) is 11.7 Å². The number of hydrogen-bond acceptors (Lipinski definition) is 3. The Balaban J connectivity index is 1.27. The number of halogens is 4. The molecule has 3 fully saturated rings. The lowest BCUT2D eigenvalue weighted by Crippen LogP contribution is -2.35. The molecule has 0 aromatic heterocycles. The van der Waals surface area contributed by atoms with Gasteiger partial charge in [0.1, 0.15) is 5.75 Å². The van der Waals surface area contributed by atoms with E-state index in [1.54, 1.807) is 0 Å². The largest absolute Gasteiger partial charge is 0.429 e. The molecule has 0 saturated heterocycles. The topological polar surface area (TPSA) is 35.5 Å². The van der Waals surface area contributed by atoms with E-state index in [4.69, 9.17) is 4.74 Å². The van der Waals surface area contributed by atoms with Gasteiger partial charge in [-0.3, -0.25) is 4.79 Å². The SMILES string of the molecule is CCC1CCC2CC(C3CCC(C(=O)Oc4cc(F)c(OC(F)F)c(F)c4)CC3)CCC2C1. The third-order valence-electron chi connectivity index (χ3n) is 8.51. The number of ether oxygens (including phenoxy) is 2. The summed E-state index contributed by atoms with van der Waals surface area (Å²) in [5.41, 5.74) is 0. The molecule has 7 heteroatoms. The molecule has 3 saturated carbocycles. The second kappa shape index (κ2) is 10.6. The third kappa shape index (κ3) is 5.83. The van der Waals surface area contributed by atoms with Crippen LogP contribution in [0.1, 0.15) is 77.6 Å². The zero-order valence-corrected chi connectivity index (χ0v) is 19.2. The summed E-state index contributed by atoms with van der Waals surface area (Å²) in [4.78, 5) is 12.6. The van der Waals surface area contributed by atoms with Crippen LogP contribution in [0.5, 0.6) is 11.5 Å². The number of hydrogen-bond donors (Lipinski definition) is 0. The molecule has 4 rings (SSSR count). The molecule has 0 radical (unpaired) electrons. The minimum atomic E-state index is -3.35. The first-order chi connectivity index (χ1) is 15.8. The Kier molecular flexibility index (Phi) is 7.85. The molecule has 1 aromatic carbocycles. The van der Waals surface area contributed by atoms with Crippen LogP contribution in [0.3, 0.4) is 0 Å². The van der Waals surface area contributed by atoms with Crippen molar-refractivity contribution in [1.82, 2.24) is 0 Å². The molecule has 33 heavy (non-hydrogen) atoms. The van der Waals surface area contributed by atoms with Crippen molar-refractivity contribution in [3.8, 4) is 11.5 Å². The van der Waals surface area contributed by atoms with Crippen LogP contribution < -0.4 is 9.47 Å².